The topological polar surface area (TPSA) is 257 Å². The Labute approximate surface area is 523 Å². The summed E-state index contributed by atoms with van der Waals surface area (Å²) in [5, 5.41) is 15.8. The zero-order valence-corrected chi connectivity index (χ0v) is 51.8. The highest BCUT2D eigenvalue weighted by Crippen LogP contribution is 2.34. The number of carbonyl (C=O) groups is 9. The van der Waals surface area contributed by atoms with E-state index in [1.54, 1.807) is 84.9 Å². The molecule has 0 spiro atoms. The van der Waals surface area contributed by atoms with Gasteiger partial charge < -0.3 is 59.0 Å². The molecule has 5 aromatic rings. The molecule has 2 aliphatic rings. The number of cyclic esters (lactones) is 2. The number of phenols is 1. The van der Waals surface area contributed by atoms with Crippen LogP contribution in [0.2, 0.25) is 0 Å². The molecule has 0 unspecified atom stereocenters. The number of aryl methyl sites for hydroxylation is 1. The van der Waals surface area contributed by atoms with E-state index in [1.165, 1.54) is 100 Å². The molecule has 0 aliphatic carbocycles. The highest BCUT2D eigenvalue weighted by atomic mass is 19.1. The molecule has 5 aromatic carbocycles. The number of nitrogens with zero attached hydrogens (tertiary/aromatic N) is 4. The van der Waals surface area contributed by atoms with Crippen LogP contribution in [-0.4, -0.2) is 170 Å². The van der Waals surface area contributed by atoms with Crippen LogP contribution in [0.3, 0.4) is 0 Å². The van der Waals surface area contributed by atoms with E-state index in [2.05, 4.69) is 10.6 Å². The van der Waals surface area contributed by atoms with Crippen molar-refractivity contribution in [2.24, 2.45) is 5.41 Å². The number of likely N-dealkylation sites (N-methyl/N-ethyl adjacent to an activating group) is 3. The van der Waals surface area contributed by atoms with E-state index in [9.17, 15) is 48.3 Å². The molecule has 478 valence electrons. The fourth-order valence-electron chi connectivity index (χ4n) is 10.6. The minimum absolute atomic E-state index is 0.00731. The Hall–Kier alpha value is -9.60. The number of ketones is 1. The van der Waals surface area contributed by atoms with Gasteiger partial charge in [0.1, 0.15) is 54.2 Å². The van der Waals surface area contributed by atoms with Gasteiger partial charge in [-0.25, -0.2) is 14.0 Å². The second-order valence-electron chi connectivity index (χ2n) is 23.1. The second kappa shape index (κ2) is 32.0. The van der Waals surface area contributed by atoms with E-state index in [0.717, 1.165) is 16.5 Å². The van der Waals surface area contributed by atoms with E-state index in [0.29, 0.717) is 29.5 Å². The molecule has 7 rings (SSSR count). The van der Waals surface area contributed by atoms with E-state index in [4.69, 9.17) is 23.7 Å². The lowest BCUT2D eigenvalue weighted by Gasteiger charge is -2.36. The molecule has 21 nitrogen and oxygen atoms in total. The van der Waals surface area contributed by atoms with Crippen LogP contribution >= 0.6 is 0 Å². The number of esters is 2. The lowest BCUT2D eigenvalue weighted by atomic mass is 9.87. The van der Waals surface area contributed by atoms with Gasteiger partial charge >= 0.3 is 11.9 Å². The number of fused-ring (bicyclic) bond motifs is 3. The predicted molar refractivity (Wildman–Crippen MR) is 329 cm³/mol. The first-order valence-electron chi connectivity index (χ1n) is 29.8. The van der Waals surface area contributed by atoms with Crippen molar-refractivity contribution in [2.75, 3.05) is 68.2 Å². The normalized spacial score (nSPS) is 21.0. The SMILES string of the molecule is COc1cc(F)c(CC[C@H]2OC(=O)[C@@H]3CCCCN3C(=O)C(=O)C(C)(C)COC(=O)C=CCCN(C)C(=O)[C@@H](Cc3ccccc3)NC(=O)CN(C)C(=O)[C@@H](Cc3ccccc3)NC(=O)[C@H](Cc3ccc(O)cc3)N(C)C(=O)COc3cccc2c3)cc1OC. The maximum atomic E-state index is 15.7. The molecule has 2 bridgehead atoms. The van der Waals surface area contributed by atoms with E-state index in [1.807, 2.05) is 6.07 Å². The summed E-state index contributed by atoms with van der Waals surface area (Å²) >= 11 is 0. The lowest BCUT2D eigenvalue weighted by molar-refractivity contribution is -0.165. The number of rotatable bonds is 11. The monoisotopic (exact) mass is 1240 g/mol. The number of hydrogen-bond acceptors (Lipinski definition) is 15. The molecule has 0 radical (unpaired) electrons. The number of hydrogen-bond donors (Lipinski definition) is 3. The van der Waals surface area contributed by atoms with Gasteiger partial charge in [0, 0.05) is 65.6 Å². The molecule has 5 atom stereocenters. The Kier molecular flexibility index (Phi) is 24.2. The number of piperidine rings is 1. The van der Waals surface area contributed by atoms with Gasteiger partial charge in [0.25, 0.3) is 11.8 Å². The summed E-state index contributed by atoms with van der Waals surface area (Å²) in [5.74, 6) is -6.92. The molecule has 2 aliphatic heterocycles. The summed E-state index contributed by atoms with van der Waals surface area (Å²) in [6.07, 6.45) is 2.69. The summed E-state index contributed by atoms with van der Waals surface area (Å²) < 4.78 is 44.3. The van der Waals surface area contributed by atoms with Crippen LogP contribution in [0.5, 0.6) is 23.0 Å². The largest absolute Gasteiger partial charge is 0.508 e. The molecule has 1 fully saturated rings. The first kappa shape index (κ1) is 67.9. The number of benzene rings is 5. The van der Waals surface area contributed by atoms with Crippen molar-refractivity contribution in [3.05, 3.63) is 167 Å². The number of nitrogens with one attached hydrogen (secondary N) is 2. The fourth-order valence-corrected chi connectivity index (χ4v) is 10.6. The summed E-state index contributed by atoms with van der Waals surface area (Å²) in [6.45, 7) is 1.35. The van der Waals surface area contributed by atoms with E-state index >= 15 is 4.39 Å². The predicted octanol–water partition coefficient (Wildman–Crippen LogP) is 6.07. The van der Waals surface area contributed by atoms with Crippen LogP contribution in [0.4, 0.5) is 4.39 Å². The van der Waals surface area contributed by atoms with Gasteiger partial charge in [0.05, 0.1) is 26.2 Å². The van der Waals surface area contributed by atoms with Crippen LogP contribution in [-0.2, 0) is 78.3 Å². The fraction of sp³-hybridized carbons (Fsp3) is 0.397. The maximum absolute atomic E-state index is 15.7. The molecule has 0 saturated carbocycles. The Morgan fingerprint density at radius 3 is 1.97 bits per heavy atom. The zero-order chi connectivity index (χ0) is 65.1. The van der Waals surface area contributed by atoms with Crippen molar-refractivity contribution in [2.45, 2.75) is 102 Å². The van der Waals surface area contributed by atoms with Crippen molar-refractivity contribution < 1.29 is 76.3 Å². The van der Waals surface area contributed by atoms with Crippen LogP contribution in [0.15, 0.2) is 133 Å². The lowest BCUT2D eigenvalue weighted by Crippen LogP contribution is -2.57. The summed E-state index contributed by atoms with van der Waals surface area (Å²) in [7, 11) is 7.10. The molecule has 6 amide bonds. The highest BCUT2D eigenvalue weighted by molar-refractivity contribution is 6.38. The minimum Gasteiger partial charge on any atom is -0.508 e. The average molecular weight is 1240 g/mol. The van der Waals surface area contributed by atoms with Crippen molar-refractivity contribution in [3.63, 3.8) is 0 Å². The summed E-state index contributed by atoms with van der Waals surface area (Å²) in [4.78, 5) is 133. The third-order valence-corrected chi connectivity index (χ3v) is 15.9. The first-order chi connectivity index (χ1) is 43.0. The summed E-state index contributed by atoms with van der Waals surface area (Å²) in [5.41, 5.74) is 0.949. The Morgan fingerprint density at radius 1 is 0.689 bits per heavy atom. The van der Waals surface area contributed by atoms with Gasteiger partial charge in [-0.2, -0.15) is 0 Å². The molecule has 0 aromatic heterocycles. The van der Waals surface area contributed by atoms with Gasteiger partial charge in [-0.15, -0.1) is 0 Å². The van der Waals surface area contributed by atoms with Crippen LogP contribution in [0.25, 0.3) is 0 Å². The standard InChI is InChI=1S/C68H79FN6O15/c1-68(2)43-89-61(79)26-15-16-33-72(3)64(82)52(35-44-19-10-8-11-20-44)70-59(77)41-73(4)65(83)53(36-45-21-12-9-13-22-45)71-63(81)55(37-46-27-30-49(76)31-28-46)74(5)60(78)42-88-50-24-18-23-48(38-50)56(32-29-47-39-57(86-6)58(87-7)40-51(47)69)90-67(85)54-25-14-17-34-75(54)66(84)62(68)80/h8-13,15,18-24,26-28,30-31,38-40,52-56,76H,14,16-17,25,29,32-37,41-43H2,1-7H3,(H,70,77)(H,71,81)/t52-,53-,54+,55+,56-/m1/s1. The Balaban J connectivity index is 1.22. The molecular formula is C68H79FN6O15. The quantitative estimate of drug-likeness (QED) is 0.100. The highest BCUT2D eigenvalue weighted by Gasteiger charge is 2.43. The van der Waals surface area contributed by atoms with Gasteiger partial charge in [0.2, 0.25) is 29.4 Å². The van der Waals surface area contributed by atoms with E-state index < -0.39 is 114 Å². The van der Waals surface area contributed by atoms with Crippen LogP contribution < -0.4 is 24.8 Å². The number of phenolic OH excluding ortho intramolecular Hbond substituents is 1. The number of amides is 6. The number of Topliss-reactive ketones (excluding diaryl/α,β-unsaturated/α-hetero) is 1. The maximum Gasteiger partial charge on any atom is 0.330 e. The van der Waals surface area contributed by atoms with Gasteiger partial charge in [0.15, 0.2) is 18.1 Å². The molecule has 2 heterocycles. The zero-order valence-electron chi connectivity index (χ0n) is 51.8. The second-order valence-corrected chi connectivity index (χ2v) is 23.1. The number of aromatic hydroxyl groups is 1. The van der Waals surface area contributed by atoms with Crippen LogP contribution in [0, 0.1) is 11.2 Å². The van der Waals surface area contributed by atoms with Crippen molar-refractivity contribution in [1.82, 2.24) is 30.2 Å². The van der Waals surface area contributed by atoms with Gasteiger partial charge in [-0.3, -0.25) is 33.6 Å². The third kappa shape index (κ3) is 18.7. The van der Waals surface area contributed by atoms with Crippen LogP contribution in [0.1, 0.15) is 79.9 Å². The molecule has 3 N–H and O–H groups in total. The number of methoxy groups -OCH3 is 2. The third-order valence-electron chi connectivity index (χ3n) is 15.9. The van der Waals surface area contributed by atoms with E-state index in [-0.39, 0.29) is 86.6 Å². The molecule has 22 heteroatoms. The number of halogens is 1. The van der Waals surface area contributed by atoms with Crippen molar-refractivity contribution in [1.29, 1.82) is 0 Å². The first-order valence-corrected chi connectivity index (χ1v) is 29.8. The van der Waals surface area contributed by atoms with Crippen molar-refractivity contribution >= 4 is 53.2 Å². The van der Waals surface area contributed by atoms with Gasteiger partial charge in [-0.1, -0.05) is 91.0 Å². The number of ether oxygens (including phenoxy) is 5. The summed E-state index contributed by atoms with van der Waals surface area (Å²) in [6, 6.07) is 28.0. The molecular weight excluding hydrogens is 1160 g/mol. The molecule has 90 heavy (non-hydrogen) atoms. The minimum atomic E-state index is -1.55. The molecule has 1 saturated heterocycles. The van der Waals surface area contributed by atoms with Crippen molar-refractivity contribution in [3.8, 4) is 23.0 Å². The smallest absolute Gasteiger partial charge is 0.330 e. The Bertz CT molecular complexity index is 3380. The Morgan fingerprint density at radius 2 is 1.31 bits per heavy atom. The average Bonchev–Trinajstić information content (AvgIpc) is 1.30. The number of carbonyl (C=O) groups excluding carboxylic acids is 9. The van der Waals surface area contributed by atoms with Gasteiger partial charge in [-0.05, 0) is 111 Å².